The van der Waals surface area contributed by atoms with Crippen molar-refractivity contribution >= 4 is 45.2 Å². The first kappa shape index (κ1) is 13.1. The summed E-state index contributed by atoms with van der Waals surface area (Å²) in [6.45, 7) is 0. The summed E-state index contributed by atoms with van der Waals surface area (Å²) in [4.78, 5) is 11.5. The van der Waals surface area contributed by atoms with E-state index in [0.717, 1.165) is 15.8 Å². The van der Waals surface area contributed by atoms with Gasteiger partial charge in [-0.1, -0.05) is 28.1 Å². The SMILES string of the molecule is O=C1NC(=S)NC1=Cc1ccc(-c2cccc(Br)c2)o1. The average Bonchev–Trinajstić information content (AvgIpc) is 2.97. The van der Waals surface area contributed by atoms with Crippen molar-refractivity contribution in [2.24, 2.45) is 0 Å². The highest BCUT2D eigenvalue weighted by Crippen LogP contribution is 2.25. The van der Waals surface area contributed by atoms with Gasteiger partial charge in [0.25, 0.3) is 5.91 Å². The summed E-state index contributed by atoms with van der Waals surface area (Å²) in [5.41, 5.74) is 1.34. The molecule has 0 radical (unpaired) electrons. The van der Waals surface area contributed by atoms with E-state index in [1.807, 2.05) is 30.3 Å². The van der Waals surface area contributed by atoms with E-state index >= 15 is 0 Å². The van der Waals surface area contributed by atoms with Gasteiger partial charge in [-0.15, -0.1) is 0 Å². The Labute approximate surface area is 129 Å². The van der Waals surface area contributed by atoms with Gasteiger partial charge in [0.2, 0.25) is 0 Å². The summed E-state index contributed by atoms with van der Waals surface area (Å²) < 4.78 is 6.69. The fourth-order valence-corrected chi connectivity index (χ4v) is 2.45. The molecule has 0 spiro atoms. The van der Waals surface area contributed by atoms with E-state index in [4.69, 9.17) is 16.6 Å². The second-order valence-electron chi connectivity index (χ2n) is 4.18. The number of thiocarbonyl (C=S) groups is 1. The Hall–Kier alpha value is -1.92. The quantitative estimate of drug-likeness (QED) is 0.646. The van der Waals surface area contributed by atoms with Crippen molar-refractivity contribution in [1.82, 2.24) is 10.6 Å². The molecule has 1 amide bonds. The van der Waals surface area contributed by atoms with Crippen LogP contribution in [0.3, 0.4) is 0 Å². The van der Waals surface area contributed by atoms with Crippen molar-refractivity contribution in [2.45, 2.75) is 0 Å². The summed E-state index contributed by atoms with van der Waals surface area (Å²) in [5.74, 6) is 1.07. The first-order valence-corrected chi connectivity index (χ1v) is 7.02. The van der Waals surface area contributed by atoms with Gasteiger partial charge >= 0.3 is 0 Å². The molecule has 100 valence electrons. The van der Waals surface area contributed by atoms with E-state index < -0.39 is 0 Å². The summed E-state index contributed by atoms with van der Waals surface area (Å²) in [6, 6.07) is 11.5. The van der Waals surface area contributed by atoms with Crippen LogP contribution in [0, 0.1) is 0 Å². The van der Waals surface area contributed by atoms with Crippen LogP contribution in [0.25, 0.3) is 17.4 Å². The van der Waals surface area contributed by atoms with Gasteiger partial charge in [-0.25, -0.2) is 0 Å². The third-order valence-electron chi connectivity index (χ3n) is 2.74. The van der Waals surface area contributed by atoms with Gasteiger partial charge in [0.15, 0.2) is 5.11 Å². The number of hydrogen-bond acceptors (Lipinski definition) is 3. The van der Waals surface area contributed by atoms with Crippen LogP contribution in [0.4, 0.5) is 0 Å². The number of hydrogen-bond donors (Lipinski definition) is 2. The van der Waals surface area contributed by atoms with Gasteiger partial charge in [0.05, 0.1) is 0 Å². The molecule has 2 aromatic rings. The molecule has 2 N–H and O–H groups in total. The molecule has 0 unspecified atom stereocenters. The first-order chi connectivity index (χ1) is 9.61. The monoisotopic (exact) mass is 348 g/mol. The predicted molar refractivity (Wildman–Crippen MR) is 83.7 cm³/mol. The maximum Gasteiger partial charge on any atom is 0.274 e. The minimum Gasteiger partial charge on any atom is -0.457 e. The van der Waals surface area contributed by atoms with Crippen LogP contribution in [-0.2, 0) is 4.79 Å². The highest BCUT2D eigenvalue weighted by molar-refractivity contribution is 9.10. The molecular formula is C14H9BrN2O2S. The normalized spacial score (nSPS) is 16.4. The predicted octanol–water partition coefficient (Wildman–Crippen LogP) is 3.05. The van der Waals surface area contributed by atoms with Gasteiger partial charge in [0.1, 0.15) is 17.2 Å². The number of benzene rings is 1. The molecular weight excluding hydrogens is 340 g/mol. The van der Waals surface area contributed by atoms with Gasteiger partial charge < -0.3 is 9.73 Å². The van der Waals surface area contributed by atoms with E-state index in [2.05, 4.69) is 26.6 Å². The lowest BCUT2D eigenvalue weighted by molar-refractivity contribution is -0.115. The molecule has 4 nitrogen and oxygen atoms in total. The van der Waals surface area contributed by atoms with Crippen LogP contribution in [0.2, 0.25) is 0 Å². The first-order valence-electron chi connectivity index (χ1n) is 5.81. The zero-order chi connectivity index (χ0) is 14.1. The summed E-state index contributed by atoms with van der Waals surface area (Å²) in [7, 11) is 0. The maximum absolute atomic E-state index is 11.5. The second-order valence-corrected chi connectivity index (χ2v) is 5.50. The number of amides is 1. The van der Waals surface area contributed by atoms with Crippen molar-refractivity contribution in [3.05, 3.63) is 52.3 Å². The van der Waals surface area contributed by atoms with Gasteiger partial charge in [-0.05, 0) is 36.5 Å². The topological polar surface area (TPSA) is 54.3 Å². The zero-order valence-electron chi connectivity index (χ0n) is 10.1. The molecule has 0 aliphatic carbocycles. The Morgan fingerprint density at radius 2 is 2.05 bits per heavy atom. The van der Waals surface area contributed by atoms with Gasteiger partial charge in [0, 0.05) is 16.1 Å². The number of carbonyl (C=O) groups is 1. The van der Waals surface area contributed by atoms with Gasteiger partial charge in [-0.3, -0.25) is 10.1 Å². The molecule has 0 atom stereocenters. The Morgan fingerprint density at radius 3 is 2.75 bits per heavy atom. The van der Waals surface area contributed by atoms with Crippen LogP contribution < -0.4 is 10.6 Å². The summed E-state index contributed by atoms with van der Waals surface area (Å²) in [6.07, 6.45) is 1.62. The molecule has 1 saturated heterocycles. The van der Waals surface area contributed by atoms with Crippen LogP contribution in [-0.4, -0.2) is 11.0 Å². The molecule has 1 aliphatic rings. The molecule has 1 aliphatic heterocycles. The van der Waals surface area contributed by atoms with Crippen LogP contribution in [0.15, 0.2) is 51.0 Å². The average molecular weight is 349 g/mol. The number of halogens is 1. The fraction of sp³-hybridized carbons (Fsp3) is 0. The molecule has 0 bridgehead atoms. The minimum atomic E-state index is -0.254. The Kier molecular flexibility index (Phi) is 3.42. The van der Waals surface area contributed by atoms with Crippen molar-refractivity contribution in [1.29, 1.82) is 0 Å². The van der Waals surface area contributed by atoms with E-state index in [-0.39, 0.29) is 5.91 Å². The van der Waals surface area contributed by atoms with Crippen LogP contribution >= 0.6 is 28.1 Å². The van der Waals surface area contributed by atoms with E-state index in [0.29, 0.717) is 16.6 Å². The lowest BCUT2D eigenvalue weighted by atomic mass is 10.2. The van der Waals surface area contributed by atoms with Crippen molar-refractivity contribution in [3.8, 4) is 11.3 Å². The summed E-state index contributed by atoms with van der Waals surface area (Å²) >= 11 is 8.29. The highest BCUT2D eigenvalue weighted by atomic mass is 79.9. The molecule has 2 heterocycles. The number of carbonyl (C=O) groups excluding carboxylic acids is 1. The fourth-order valence-electron chi connectivity index (χ4n) is 1.85. The van der Waals surface area contributed by atoms with Crippen LogP contribution in [0.5, 0.6) is 0 Å². The number of nitrogens with one attached hydrogen (secondary N) is 2. The van der Waals surface area contributed by atoms with Crippen molar-refractivity contribution in [2.75, 3.05) is 0 Å². The number of furan rings is 1. The Bertz CT molecular complexity index is 736. The maximum atomic E-state index is 11.5. The lowest BCUT2D eigenvalue weighted by Gasteiger charge is -1.97. The Morgan fingerprint density at radius 1 is 1.20 bits per heavy atom. The zero-order valence-corrected chi connectivity index (χ0v) is 12.5. The lowest BCUT2D eigenvalue weighted by Crippen LogP contribution is -2.21. The third kappa shape index (κ3) is 2.66. The van der Waals surface area contributed by atoms with Crippen molar-refractivity contribution < 1.29 is 9.21 Å². The van der Waals surface area contributed by atoms with Crippen LogP contribution in [0.1, 0.15) is 5.76 Å². The molecule has 1 aromatic carbocycles. The molecule has 1 fully saturated rings. The van der Waals surface area contributed by atoms with E-state index in [1.165, 1.54) is 0 Å². The molecule has 1 aromatic heterocycles. The largest absolute Gasteiger partial charge is 0.457 e. The smallest absolute Gasteiger partial charge is 0.274 e. The molecule has 3 rings (SSSR count). The highest BCUT2D eigenvalue weighted by Gasteiger charge is 2.20. The molecule has 0 saturated carbocycles. The summed E-state index contributed by atoms with van der Waals surface area (Å²) in [5, 5.41) is 5.58. The van der Waals surface area contributed by atoms with E-state index in [9.17, 15) is 4.79 Å². The third-order valence-corrected chi connectivity index (χ3v) is 3.44. The van der Waals surface area contributed by atoms with Crippen molar-refractivity contribution in [3.63, 3.8) is 0 Å². The Balaban J connectivity index is 1.89. The molecule has 20 heavy (non-hydrogen) atoms. The van der Waals surface area contributed by atoms with Gasteiger partial charge in [-0.2, -0.15) is 0 Å². The van der Waals surface area contributed by atoms with E-state index in [1.54, 1.807) is 12.1 Å². The minimum absolute atomic E-state index is 0.254. The second kappa shape index (κ2) is 5.22. The number of rotatable bonds is 2. The standard InChI is InChI=1S/C14H9BrN2O2S/c15-9-3-1-2-8(6-9)12-5-4-10(19-12)7-11-13(18)17-14(20)16-11/h1-7H,(H2,16,17,18,20). The molecule has 6 heteroatoms.